The van der Waals surface area contributed by atoms with Crippen LogP contribution in [0.3, 0.4) is 0 Å². The SMILES string of the molecule is O=C(CCC1CCCCC1)C1CCNCC1. The van der Waals surface area contributed by atoms with Crippen LogP contribution < -0.4 is 5.32 Å². The fourth-order valence-corrected chi connectivity index (χ4v) is 3.17. The van der Waals surface area contributed by atoms with Gasteiger partial charge in [-0.2, -0.15) is 0 Å². The predicted octanol–water partition coefficient (Wildman–Crippen LogP) is 2.92. The average molecular weight is 223 g/mol. The Morgan fingerprint density at radius 1 is 1.00 bits per heavy atom. The zero-order valence-electron chi connectivity index (χ0n) is 10.3. The molecule has 1 N–H and O–H groups in total. The van der Waals surface area contributed by atoms with Gasteiger partial charge >= 0.3 is 0 Å². The highest BCUT2D eigenvalue weighted by Gasteiger charge is 2.22. The Kier molecular flexibility index (Phi) is 4.83. The van der Waals surface area contributed by atoms with Crippen LogP contribution in [0.4, 0.5) is 0 Å². The molecule has 0 atom stereocenters. The van der Waals surface area contributed by atoms with E-state index in [9.17, 15) is 4.79 Å². The van der Waals surface area contributed by atoms with E-state index in [4.69, 9.17) is 0 Å². The quantitative estimate of drug-likeness (QED) is 0.794. The lowest BCUT2D eigenvalue weighted by Gasteiger charge is -2.24. The zero-order valence-corrected chi connectivity index (χ0v) is 10.3. The number of carbonyl (C=O) groups excluding carboxylic acids is 1. The highest BCUT2D eigenvalue weighted by atomic mass is 16.1. The Labute approximate surface area is 99.2 Å². The van der Waals surface area contributed by atoms with E-state index in [-0.39, 0.29) is 0 Å². The first-order valence-corrected chi connectivity index (χ1v) is 7.09. The highest BCUT2D eigenvalue weighted by Crippen LogP contribution is 2.28. The Hall–Kier alpha value is -0.370. The van der Waals surface area contributed by atoms with Crippen molar-refractivity contribution in [2.24, 2.45) is 11.8 Å². The number of Topliss-reactive ketones (excluding diaryl/α,β-unsaturated/α-hetero) is 1. The van der Waals surface area contributed by atoms with Crippen molar-refractivity contribution < 1.29 is 4.79 Å². The van der Waals surface area contributed by atoms with Gasteiger partial charge in [0.05, 0.1) is 0 Å². The van der Waals surface area contributed by atoms with E-state index in [0.29, 0.717) is 11.7 Å². The minimum atomic E-state index is 0.379. The van der Waals surface area contributed by atoms with Gasteiger partial charge in [-0.3, -0.25) is 4.79 Å². The normalized spacial score (nSPS) is 24.5. The van der Waals surface area contributed by atoms with Crippen molar-refractivity contribution >= 4 is 5.78 Å². The summed E-state index contributed by atoms with van der Waals surface area (Å²) < 4.78 is 0. The molecule has 1 heterocycles. The van der Waals surface area contributed by atoms with E-state index in [1.54, 1.807) is 0 Å². The molecule has 92 valence electrons. The monoisotopic (exact) mass is 223 g/mol. The third-order valence-electron chi connectivity index (χ3n) is 4.32. The number of piperidine rings is 1. The number of hydrogen-bond donors (Lipinski definition) is 1. The maximum Gasteiger partial charge on any atom is 0.136 e. The standard InChI is InChI=1S/C14H25NO/c16-14(13-8-10-15-11-9-13)7-6-12-4-2-1-3-5-12/h12-13,15H,1-11H2. The maximum atomic E-state index is 12.0. The topological polar surface area (TPSA) is 29.1 Å². The second-order valence-corrected chi connectivity index (χ2v) is 5.53. The molecule has 0 bridgehead atoms. The van der Waals surface area contributed by atoms with Gasteiger partial charge in [-0.15, -0.1) is 0 Å². The summed E-state index contributed by atoms with van der Waals surface area (Å²) in [5.41, 5.74) is 0. The van der Waals surface area contributed by atoms with Crippen LogP contribution in [-0.4, -0.2) is 18.9 Å². The molecule has 1 saturated heterocycles. The lowest BCUT2D eigenvalue weighted by atomic mass is 9.83. The third-order valence-corrected chi connectivity index (χ3v) is 4.32. The molecule has 2 rings (SSSR count). The van der Waals surface area contributed by atoms with E-state index in [1.807, 2.05) is 0 Å². The number of nitrogens with one attached hydrogen (secondary N) is 1. The van der Waals surface area contributed by atoms with E-state index >= 15 is 0 Å². The van der Waals surface area contributed by atoms with Gasteiger partial charge in [0.1, 0.15) is 5.78 Å². The highest BCUT2D eigenvalue weighted by molar-refractivity contribution is 5.81. The van der Waals surface area contributed by atoms with Crippen molar-refractivity contribution in [3.63, 3.8) is 0 Å². The lowest BCUT2D eigenvalue weighted by molar-refractivity contribution is -0.123. The van der Waals surface area contributed by atoms with Crippen molar-refractivity contribution in [3.8, 4) is 0 Å². The maximum absolute atomic E-state index is 12.0. The van der Waals surface area contributed by atoms with Gasteiger partial charge in [0.25, 0.3) is 0 Å². The van der Waals surface area contributed by atoms with Gasteiger partial charge in [-0.1, -0.05) is 32.1 Å². The third kappa shape index (κ3) is 3.58. The van der Waals surface area contributed by atoms with Crippen LogP contribution in [0, 0.1) is 11.8 Å². The van der Waals surface area contributed by atoms with E-state index in [0.717, 1.165) is 38.3 Å². The number of hydrogen-bond acceptors (Lipinski definition) is 2. The summed E-state index contributed by atoms with van der Waals surface area (Å²) in [6.45, 7) is 2.08. The molecule has 0 radical (unpaired) electrons. The van der Waals surface area contributed by atoms with Gasteiger partial charge in [-0.05, 0) is 38.3 Å². The summed E-state index contributed by atoms with van der Waals surface area (Å²) in [6.07, 6.45) is 11.1. The zero-order chi connectivity index (χ0) is 11.2. The number of rotatable bonds is 4. The van der Waals surface area contributed by atoms with Crippen molar-refractivity contribution in [3.05, 3.63) is 0 Å². The molecule has 0 aromatic heterocycles. The molecule has 0 unspecified atom stereocenters. The molecule has 2 nitrogen and oxygen atoms in total. The molecule has 2 fully saturated rings. The summed E-state index contributed by atoms with van der Waals surface area (Å²) in [7, 11) is 0. The van der Waals surface area contributed by atoms with Crippen LogP contribution in [0.15, 0.2) is 0 Å². The Morgan fingerprint density at radius 2 is 1.69 bits per heavy atom. The molecule has 0 amide bonds. The number of carbonyl (C=O) groups is 1. The molecule has 0 aromatic rings. The second-order valence-electron chi connectivity index (χ2n) is 5.53. The van der Waals surface area contributed by atoms with Gasteiger partial charge in [0, 0.05) is 12.3 Å². The Balaban J connectivity index is 1.65. The van der Waals surface area contributed by atoms with Gasteiger partial charge in [0.2, 0.25) is 0 Å². The first-order chi connectivity index (χ1) is 7.86. The fraction of sp³-hybridized carbons (Fsp3) is 0.929. The van der Waals surface area contributed by atoms with Crippen molar-refractivity contribution in [1.82, 2.24) is 5.32 Å². The molecule has 1 saturated carbocycles. The van der Waals surface area contributed by atoms with Crippen LogP contribution in [0.1, 0.15) is 57.8 Å². The van der Waals surface area contributed by atoms with Crippen molar-refractivity contribution in [2.75, 3.05) is 13.1 Å². The van der Waals surface area contributed by atoms with E-state index in [2.05, 4.69) is 5.32 Å². The fourth-order valence-electron chi connectivity index (χ4n) is 3.17. The first-order valence-electron chi connectivity index (χ1n) is 7.09. The van der Waals surface area contributed by atoms with Crippen LogP contribution >= 0.6 is 0 Å². The molecule has 0 aromatic carbocycles. The van der Waals surface area contributed by atoms with Crippen molar-refractivity contribution in [1.29, 1.82) is 0 Å². The molecule has 16 heavy (non-hydrogen) atoms. The smallest absolute Gasteiger partial charge is 0.136 e. The van der Waals surface area contributed by atoms with Crippen LogP contribution in [-0.2, 0) is 4.79 Å². The number of ketones is 1. The lowest BCUT2D eigenvalue weighted by Crippen LogP contribution is -2.32. The summed E-state index contributed by atoms with van der Waals surface area (Å²) in [5.74, 6) is 1.79. The van der Waals surface area contributed by atoms with Crippen molar-refractivity contribution in [2.45, 2.75) is 57.8 Å². The molecular formula is C14H25NO. The Bertz CT molecular complexity index is 215. The van der Waals surface area contributed by atoms with Crippen LogP contribution in [0.25, 0.3) is 0 Å². The molecule has 0 spiro atoms. The second kappa shape index (κ2) is 6.39. The average Bonchev–Trinajstić information content (AvgIpc) is 2.38. The van der Waals surface area contributed by atoms with Gasteiger partial charge in [0.15, 0.2) is 0 Å². The summed E-state index contributed by atoms with van der Waals surface area (Å²) in [4.78, 5) is 12.0. The molecule has 2 heteroatoms. The summed E-state index contributed by atoms with van der Waals surface area (Å²) in [6, 6.07) is 0. The largest absolute Gasteiger partial charge is 0.317 e. The minimum Gasteiger partial charge on any atom is -0.317 e. The van der Waals surface area contributed by atoms with Crippen LogP contribution in [0.5, 0.6) is 0 Å². The molecular weight excluding hydrogens is 198 g/mol. The first kappa shape index (κ1) is 12.1. The summed E-state index contributed by atoms with van der Waals surface area (Å²) >= 11 is 0. The molecule has 1 aliphatic carbocycles. The molecule has 1 aliphatic heterocycles. The predicted molar refractivity (Wildman–Crippen MR) is 66.4 cm³/mol. The Morgan fingerprint density at radius 3 is 2.38 bits per heavy atom. The molecule has 2 aliphatic rings. The van der Waals surface area contributed by atoms with E-state index in [1.165, 1.54) is 38.5 Å². The summed E-state index contributed by atoms with van der Waals surface area (Å²) in [5, 5.41) is 3.32. The van der Waals surface area contributed by atoms with Gasteiger partial charge in [-0.25, -0.2) is 0 Å². The van der Waals surface area contributed by atoms with Crippen LogP contribution in [0.2, 0.25) is 0 Å². The van der Waals surface area contributed by atoms with E-state index < -0.39 is 0 Å². The van der Waals surface area contributed by atoms with Gasteiger partial charge < -0.3 is 5.32 Å². The minimum absolute atomic E-state index is 0.379.